The van der Waals surface area contributed by atoms with E-state index in [1.165, 1.54) is 63.8 Å². The highest BCUT2D eigenvalue weighted by atomic mass is 35.5. The van der Waals surface area contributed by atoms with Crippen molar-refractivity contribution in [3.63, 3.8) is 0 Å². The van der Waals surface area contributed by atoms with Gasteiger partial charge in [-0.25, -0.2) is 0 Å². The highest BCUT2D eigenvalue weighted by molar-refractivity contribution is 6.30. The van der Waals surface area contributed by atoms with Gasteiger partial charge in [0, 0.05) is 10.6 Å². The summed E-state index contributed by atoms with van der Waals surface area (Å²) in [6.45, 7) is 5.81. The number of nitrogens with one attached hydrogen (secondary N) is 3. The van der Waals surface area contributed by atoms with Crippen molar-refractivity contribution in [3.05, 3.63) is 64.7 Å². The molecule has 0 aliphatic carbocycles. The molecule has 2 rings (SSSR count). The molecule has 8 nitrogen and oxygen atoms in total. The first-order valence-electron chi connectivity index (χ1n) is 12.8. The van der Waals surface area contributed by atoms with Gasteiger partial charge in [-0.1, -0.05) is 70.0 Å². The molecule has 2 aromatic carbocycles. The molecule has 0 aliphatic rings. The molecule has 1 unspecified atom stereocenters. The van der Waals surface area contributed by atoms with E-state index in [4.69, 9.17) is 16.3 Å². The molecule has 0 saturated carbocycles. The lowest BCUT2D eigenvalue weighted by atomic mass is 9.98. The van der Waals surface area contributed by atoms with E-state index >= 15 is 0 Å². The maximum atomic E-state index is 14.5. The van der Waals surface area contributed by atoms with Crippen molar-refractivity contribution in [1.29, 1.82) is 0 Å². The SMILES string of the molecule is CCC.COc1ccc(C(NC(=O)CNC(=O)C(F)(F)c2cccc(Cl)c2)C(=O)N[C@H](C(=O)C(F)(F)F)C(C)C)cc1. The van der Waals surface area contributed by atoms with E-state index in [1.807, 2.05) is 5.32 Å². The van der Waals surface area contributed by atoms with E-state index in [2.05, 4.69) is 19.2 Å². The molecule has 0 bridgehead atoms. The molecule has 2 aromatic rings. The molecule has 0 heterocycles. The number of alkyl halides is 5. The molecule has 0 radical (unpaired) electrons. The van der Waals surface area contributed by atoms with Crippen LogP contribution in [0.4, 0.5) is 22.0 Å². The Bertz CT molecular complexity index is 1220. The van der Waals surface area contributed by atoms with Crippen molar-refractivity contribution in [3.8, 4) is 5.75 Å². The normalized spacial score (nSPS) is 12.8. The van der Waals surface area contributed by atoms with Gasteiger partial charge in [0.15, 0.2) is 0 Å². The van der Waals surface area contributed by atoms with E-state index in [9.17, 15) is 41.1 Å². The van der Waals surface area contributed by atoms with Crippen LogP contribution in [0.2, 0.25) is 5.02 Å². The van der Waals surface area contributed by atoms with Gasteiger partial charge in [0.05, 0.1) is 19.7 Å². The van der Waals surface area contributed by atoms with E-state index < -0.39 is 65.7 Å². The van der Waals surface area contributed by atoms with Crippen LogP contribution in [-0.2, 0) is 25.1 Å². The Balaban J connectivity index is 0.00000281. The van der Waals surface area contributed by atoms with Gasteiger partial charge in [-0.05, 0) is 35.7 Å². The van der Waals surface area contributed by atoms with Crippen LogP contribution in [-0.4, -0.2) is 49.4 Å². The number of hydrogen-bond acceptors (Lipinski definition) is 5. The standard InChI is InChI=1S/C25H25ClF5N3O5.C3H8/c1-13(2)19(21(36)25(29,30)31)34-22(37)20(14-7-9-17(39-3)10-8-14)33-18(35)12-32-23(38)24(27,28)15-5-4-6-16(26)11-15;1-3-2/h4-11,13,19-20H,12H2,1-3H3,(H,32,38)(H,33,35)(H,34,37);3H2,1-2H3/t19-,20?;/m0./s1. The van der Waals surface area contributed by atoms with Crippen molar-refractivity contribution in [1.82, 2.24) is 16.0 Å². The third-order valence-electron chi connectivity index (χ3n) is 5.42. The fourth-order valence-corrected chi connectivity index (χ4v) is 3.53. The third-order valence-corrected chi connectivity index (χ3v) is 5.66. The van der Waals surface area contributed by atoms with Crippen LogP contribution in [0.5, 0.6) is 5.75 Å². The third kappa shape index (κ3) is 10.6. The number of halogens is 6. The summed E-state index contributed by atoms with van der Waals surface area (Å²) in [5, 5.41) is 5.89. The second-order valence-electron chi connectivity index (χ2n) is 9.34. The zero-order valence-corrected chi connectivity index (χ0v) is 24.3. The molecule has 2 atom stereocenters. The van der Waals surface area contributed by atoms with Gasteiger partial charge >= 0.3 is 12.1 Å². The number of hydrogen-bond donors (Lipinski definition) is 3. The topological polar surface area (TPSA) is 114 Å². The van der Waals surface area contributed by atoms with Crippen LogP contribution < -0.4 is 20.7 Å². The largest absolute Gasteiger partial charge is 0.497 e. The van der Waals surface area contributed by atoms with E-state index in [0.717, 1.165) is 12.1 Å². The lowest BCUT2D eigenvalue weighted by molar-refractivity contribution is -0.175. The Morgan fingerprint density at radius 1 is 0.929 bits per heavy atom. The quantitative estimate of drug-likeness (QED) is 0.302. The Labute approximate surface area is 245 Å². The van der Waals surface area contributed by atoms with Gasteiger partial charge in [-0.2, -0.15) is 22.0 Å². The Hall–Kier alpha value is -3.74. The number of benzene rings is 2. The van der Waals surface area contributed by atoms with Gasteiger partial charge in [0.25, 0.3) is 11.7 Å². The maximum absolute atomic E-state index is 14.5. The predicted octanol–water partition coefficient (Wildman–Crippen LogP) is 5.10. The lowest BCUT2D eigenvalue weighted by Gasteiger charge is -2.26. The molecule has 0 aromatic heterocycles. The molecule has 14 heteroatoms. The van der Waals surface area contributed by atoms with E-state index in [-0.39, 0.29) is 10.6 Å². The number of amides is 3. The van der Waals surface area contributed by atoms with Gasteiger partial charge in [0.2, 0.25) is 11.8 Å². The second kappa shape index (κ2) is 16.0. The van der Waals surface area contributed by atoms with Gasteiger partial charge < -0.3 is 20.7 Å². The fraction of sp³-hybridized carbons (Fsp3) is 0.429. The molecule has 0 aliphatic heterocycles. The first kappa shape index (κ1) is 36.3. The van der Waals surface area contributed by atoms with Crippen LogP contribution in [0.15, 0.2) is 48.5 Å². The number of ketones is 1. The first-order valence-corrected chi connectivity index (χ1v) is 13.1. The monoisotopic (exact) mass is 621 g/mol. The summed E-state index contributed by atoms with van der Waals surface area (Å²) in [6.07, 6.45) is -3.99. The minimum absolute atomic E-state index is 0.0465. The molecule has 42 heavy (non-hydrogen) atoms. The van der Waals surface area contributed by atoms with Gasteiger partial charge in [-0.3, -0.25) is 19.2 Å². The number of ether oxygens (including phenoxy) is 1. The molecular weight excluding hydrogens is 589 g/mol. The highest BCUT2D eigenvalue weighted by Gasteiger charge is 2.45. The van der Waals surface area contributed by atoms with Crippen molar-refractivity contribution in [2.24, 2.45) is 5.92 Å². The molecule has 0 saturated heterocycles. The molecule has 232 valence electrons. The molecule has 0 spiro atoms. The average molecular weight is 622 g/mol. The lowest BCUT2D eigenvalue weighted by Crippen LogP contribution is -2.53. The minimum atomic E-state index is -5.24. The van der Waals surface area contributed by atoms with E-state index in [0.29, 0.717) is 5.75 Å². The summed E-state index contributed by atoms with van der Waals surface area (Å²) in [4.78, 5) is 49.5. The summed E-state index contributed by atoms with van der Waals surface area (Å²) in [5.41, 5.74) is -0.656. The van der Waals surface area contributed by atoms with Gasteiger partial charge in [-0.15, -0.1) is 0 Å². The average Bonchev–Trinajstić information content (AvgIpc) is 2.92. The summed E-state index contributed by atoms with van der Waals surface area (Å²) in [6, 6.07) is 6.19. The maximum Gasteiger partial charge on any atom is 0.452 e. The van der Waals surface area contributed by atoms with Crippen LogP contribution >= 0.6 is 11.6 Å². The van der Waals surface area contributed by atoms with Crippen molar-refractivity contribution < 1.29 is 45.9 Å². The van der Waals surface area contributed by atoms with Gasteiger partial charge in [0.1, 0.15) is 11.8 Å². The number of Topliss-reactive ketones (excluding diaryl/α,β-unsaturated/α-hetero) is 1. The zero-order chi connectivity index (χ0) is 32.3. The predicted molar refractivity (Wildman–Crippen MR) is 146 cm³/mol. The van der Waals surface area contributed by atoms with Crippen LogP contribution in [0.1, 0.15) is 51.3 Å². The summed E-state index contributed by atoms with van der Waals surface area (Å²) >= 11 is 5.69. The van der Waals surface area contributed by atoms with Crippen molar-refractivity contribution >= 4 is 35.1 Å². The number of carbonyl (C=O) groups is 4. The summed E-state index contributed by atoms with van der Waals surface area (Å²) in [5.74, 6) is -11.0. The number of methoxy groups -OCH3 is 1. The number of carbonyl (C=O) groups excluding carboxylic acids is 4. The van der Waals surface area contributed by atoms with Crippen molar-refractivity contribution in [2.45, 2.75) is 58.3 Å². The summed E-state index contributed by atoms with van der Waals surface area (Å²) < 4.78 is 73.2. The van der Waals surface area contributed by atoms with Crippen LogP contribution in [0, 0.1) is 5.92 Å². The Morgan fingerprint density at radius 3 is 1.98 bits per heavy atom. The smallest absolute Gasteiger partial charge is 0.452 e. The van der Waals surface area contributed by atoms with E-state index in [1.54, 1.807) is 5.32 Å². The van der Waals surface area contributed by atoms with Crippen LogP contribution in [0.25, 0.3) is 0 Å². The Kier molecular flexibility index (Phi) is 13.9. The molecule has 3 amide bonds. The zero-order valence-electron chi connectivity index (χ0n) is 23.6. The second-order valence-corrected chi connectivity index (χ2v) is 9.78. The first-order chi connectivity index (χ1) is 19.5. The van der Waals surface area contributed by atoms with Crippen molar-refractivity contribution in [2.75, 3.05) is 13.7 Å². The molecular formula is C28H33ClF5N3O5. The minimum Gasteiger partial charge on any atom is -0.497 e. The summed E-state index contributed by atoms with van der Waals surface area (Å²) in [7, 11) is 1.36. The fourth-order valence-electron chi connectivity index (χ4n) is 3.34. The molecule has 0 fully saturated rings. The highest BCUT2D eigenvalue weighted by Crippen LogP contribution is 2.30. The Morgan fingerprint density at radius 2 is 1.50 bits per heavy atom. The number of rotatable bonds is 11. The molecule has 3 N–H and O–H groups in total. The van der Waals surface area contributed by atoms with Crippen LogP contribution in [0.3, 0.4) is 0 Å².